The lowest BCUT2D eigenvalue weighted by atomic mass is 10.3. The van der Waals surface area contributed by atoms with Gasteiger partial charge in [-0.1, -0.05) is 0 Å². The molecule has 92 valence electrons. The third-order valence-corrected chi connectivity index (χ3v) is 2.23. The lowest BCUT2D eigenvalue weighted by Crippen LogP contribution is -2.44. The summed E-state index contributed by atoms with van der Waals surface area (Å²) in [4.78, 5) is 0. The summed E-state index contributed by atoms with van der Waals surface area (Å²) in [6.07, 6.45) is -0.197. The molecule has 0 radical (unpaired) electrons. The number of hydrogen-bond acceptors (Lipinski definition) is 5. The van der Waals surface area contributed by atoms with E-state index >= 15 is 0 Å². The largest absolute Gasteiger partial charge is 0.382 e. The monoisotopic (exact) mass is 221 g/mol. The number of nitrogens with one attached hydrogen (secondary N) is 1. The van der Waals surface area contributed by atoms with Crippen molar-refractivity contribution in [1.82, 2.24) is 5.32 Å². The predicted molar refractivity (Wildman–Crippen MR) is 57.9 cm³/mol. The van der Waals surface area contributed by atoms with Crippen LogP contribution < -0.4 is 5.32 Å². The zero-order valence-corrected chi connectivity index (χ0v) is 10.3. The van der Waals surface area contributed by atoms with Crippen molar-refractivity contribution in [2.75, 3.05) is 41.6 Å². The fourth-order valence-electron chi connectivity index (χ4n) is 1.31. The van der Waals surface area contributed by atoms with Crippen LogP contribution in [0.15, 0.2) is 0 Å². The van der Waals surface area contributed by atoms with Gasteiger partial charge in [0, 0.05) is 35.0 Å². The molecular weight excluding hydrogens is 198 g/mol. The number of hydrogen-bond donors (Lipinski definition) is 1. The van der Waals surface area contributed by atoms with E-state index in [1.807, 2.05) is 6.92 Å². The van der Waals surface area contributed by atoms with Crippen molar-refractivity contribution < 1.29 is 18.9 Å². The van der Waals surface area contributed by atoms with Gasteiger partial charge in [0.05, 0.1) is 18.8 Å². The van der Waals surface area contributed by atoms with E-state index < -0.39 is 0 Å². The van der Waals surface area contributed by atoms with Crippen molar-refractivity contribution in [2.24, 2.45) is 0 Å². The fraction of sp³-hybridized carbons (Fsp3) is 1.00. The van der Waals surface area contributed by atoms with E-state index in [-0.39, 0.29) is 18.4 Å². The molecule has 0 aromatic heterocycles. The van der Waals surface area contributed by atoms with Crippen LogP contribution in [0.2, 0.25) is 0 Å². The second kappa shape index (κ2) is 9.06. The van der Waals surface area contributed by atoms with Gasteiger partial charge in [0.15, 0.2) is 6.29 Å². The van der Waals surface area contributed by atoms with Crippen LogP contribution in [0.25, 0.3) is 0 Å². The molecular formula is C10H23NO4. The van der Waals surface area contributed by atoms with Crippen LogP contribution in [0, 0.1) is 0 Å². The lowest BCUT2D eigenvalue weighted by Gasteiger charge is -2.24. The van der Waals surface area contributed by atoms with Crippen LogP contribution in [-0.2, 0) is 18.9 Å². The highest BCUT2D eigenvalue weighted by Crippen LogP contribution is 1.99. The zero-order chi connectivity index (χ0) is 11.7. The Balaban J connectivity index is 3.80. The molecule has 2 unspecified atom stereocenters. The summed E-state index contributed by atoms with van der Waals surface area (Å²) in [5.41, 5.74) is 0. The highest BCUT2D eigenvalue weighted by molar-refractivity contribution is 4.68. The molecule has 0 saturated heterocycles. The molecule has 0 saturated carbocycles. The highest BCUT2D eigenvalue weighted by Gasteiger charge is 2.16. The van der Waals surface area contributed by atoms with E-state index in [1.54, 1.807) is 28.4 Å². The second-order valence-electron chi connectivity index (χ2n) is 3.35. The van der Waals surface area contributed by atoms with Crippen LogP contribution in [0.3, 0.4) is 0 Å². The van der Waals surface area contributed by atoms with Gasteiger partial charge >= 0.3 is 0 Å². The summed E-state index contributed by atoms with van der Waals surface area (Å²) in [6.45, 7) is 3.27. The summed E-state index contributed by atoms with van der Waals surface area (Å²) in [6, 6.07) is 0.106. The Labute approximate surface area is 92.0 Å². The Morgan fingerprint density at radius 1 is 1.00 bits per heavy atom. The molecule has 15 heavy (non-hydrogen) atoms. The van der Waals surface area contributed by atoms with Crippen LogP contribution in [0.4, 0.5) is 0 Å². The molecule has 5 nitrogen and oxygen atoms in total. The van der Waals surface area contributed by atoms with Crippen molar-refractivity contribution in [3.63, 3.8) is 0 Å². The van der Waals surface area contributed by atoms with Gasteiger partial charge in [-0.15, -0.1) is 0 Å². The Kier molecular flexibility index (Phi) is 8.94. The number of methoxy groups -OCH3 is 4. The lowest BCUT2D eigenvalue weighted by molar-refractivity contribution is -0.121. The molecule has 1 N–H and O–H groups in total. The number of rotatable bonds is 9. The second-order valence-corrected chi connectivity index (χ2v) is 3.35. The molecule has 0 amide bonds. The smallest absolute Gasteiger partial charge is 0.171 e. The Hall–Kier alpha value is -0.200. The first-order valence-electron chi connectivity index (χ1n) is 5.00. The van der Waals surface area contributed by atoms with E-state index in [1.165, 1.54) is 0 Å². The first-order valence-corrected chi connectivity index (χ1v) is 5.00. The minimum atomic E-state index is -0.245. The Morgan fingerprint density at radius 3 is 2.00 bits per heavy atom. The molecule has 0 heterocycles. The third-order valence-electron chi connectivity index (χ3n) is 2.23. The zero-order valence-electron chi connectivity index (χ0n) is 10.3. The maximum Gasteiger partial charge on any atom is 0.171 e. The maximum atomic E-state index is 5.22. The molecule has 0 spiro atoms. The van der Waals surface area contributed by atoms with Crippen molar-refractivity contribution in [2.45, 2.75) is 25.4 Å². The minimum Gasteiger partial charge on any atom is -0.382 e. The van der Waals surface area contributed by atoms with Crippen molar-refractivity contribution >= 4 is 0 Å². The van der Waals surface area contributed by atoms with Gasteiger partial charge in [-0.2, -0.15) is 0 Å². The van der Waals surface area contributed by atoms with E-state index in [0.29, 0.717) is 13.2 Å². The van der Waals surface area contributed by atoms with Crippen LogP contribution in [-0.4, -0.2) is 60.0 Å². The van der Waals surface area contributed by atoms with Gasteiger partial charge in [0.2, 0.25) is 0 Å². The van der Waals surface area contributed by atoms with Crippen molar-refractivity contribution in [1.29, 1.82) is 0 Å². The summed E-state index contributed by atoms with van der Waals surface area (Å²) in [5, 5.41) is 3.27. The standard InChI is InChI=1S/C10H23NO4/c1-8(10(14-4)15-5)11-6-9(13-3)7-12-2/h8-11H,6-7H2,1-5H3. The molecule has 0 aromatic carbocycles. The molecule has 0 aliphatic heterocycles. The third kappa shape index (κ3) is 6.06. The normalized spacial score (nSPS) is 15.6. The average molecular weight is 221 g/mol. The molecule has 0 fully saturated rings. The Morgan fingerprint density at radius 2 is 1.60 bits per heavy atom. The number of ether oxygens (including phenoxy) is 4. The maximum absolute atomic E-state index is 5.22. The van der Waals surface area contributed by atoms with Crippen molar-refractivity contribution in [3.8, 4) is 0 Å². The van der Waals surface area contributed by atoms with Crippen LogP contribution in [0.1, 0.15) is 6.92 Å². The molecule has 0 rings (SSSR count). The molecule has 0 aromatic rings. The Bertz CT molecular complexity index is 141. The van der Waals surface area contributed by atoms with Crippen LogP contribution >= 0.6 is 0 Å². The van der Waals surface area contributed by atoms with Gasteiger partial charge in [-0.3, -0.25) is 0 Å². The minimum absolute atomic E-state index is 0.0480. The molecule has 0 bridgehead atoms. The fourth-order valence-corrected chi connectivity index (χ4v) is 1.31. The summed E-state index contributed by atoms with van der Waals surface area (Å²) in [5.74, 6) is 0. The van der Waals surface area contributed by atoms with E-state index in [9.17, 15) is 0 Å². The van der Waals surface area contributed by atoms with Crippen LogP contribution in [0.5, 0.6) is 0 Å². The van der Waals surface area contributed by atoms with Crippen molar-refractivity contribution in [3.05, 3.63) is 0 Å². The van der Waals surface area contributed by atoms with Gasteiger partial charge in [0.25, 0.3) is 0 Å². The SMILES string of the molecule is COCC(CNC(C)C(OC)OC)OC. The summed E-state index contributed by atoms with van der Waals surface area (Å²) in [7, 11) is 6.56. The first-order chi connectivity index (χ1) is 7.19. The molecule has 2 atom stereocenters. The van der Waals surface area contributed by atoms with Gasteiger partial charge in [-0.05, 0) is 6.92 Å². The van der Waals surface area contributed by atoms with Gasteiger partial charge < -0.3 is 24.3 Å². The summed E-state index contributed by atoms with van der Waals surface area (Å²) < 4.78 is 20.5. The quantitative estimate of drug-likeness (QED) is 0.565. The molecule has 5 heteroatoms. The predicted octanol–water partition coefficient (Wildman–Crippen LogP) is 0.245. The first kappa shape index (κ1) is 14.8. The molecule has 0 aliphatic carbocycles. The van der Waals surface area contributed by atoms with E-state index in [4.69, 9.17) is 18.9 Å². The van der Waals surface area contributed by atoms with E-state index in [2.05, 4.69) is 5.32 Å². The molecule has 0 aliphatic rings. The highest BCUT2D eigenvalue weighted by atomic mass is 16.7. The average Bonchev–Trinajstić information content (AvgIpc) is 2.25. The summed E-state index contributed by atoms with van der Waals surface area (Å²) >= 11 is 0. The van der Waals surface area contributed by atoms with Gasteiger partial charge in [-0.25, -0.2) is 0 Å². The van der Waals surface area contributed by atoms with Gasteiger partial charge in [0.1, 0.15) is 0 Å². The van der Waals surface area contributed by atoms with E-state index in [0.717, 1.165) is 0 Å². The topological polar surface area (TPSA) is 49.0 Å².